The molecule has 1 aromatic rings. The number of nitrogens with zero attached hydrogens (tertiary/aromatic N) is 1. The third kappa shape index (κ3) is 5.62. The molecule has 1 aliphatic rings. The second kappa shape index (κ2) is 8.22. The van der Waals surface area contributed by atoms with E-state index in [2.05, 4.69) is 0 Å². The standard InChI is InChI=1S/C20H26F3NO5/c1-18(2,3)29-17(27)24-11-14(16(25)26)10-19(24,12-28-4)9-13-5-7-15(8-6-13)20(21,22)23/h5-8,14H,9-12H2,1-4H3,(H,25,26)/t14-,19-/m0/s1. The molecule has 0 aromatic heterocycles. The Balaban J connectivity index is 2.38. The maximum absolute atomic E-state index is 12.8. The zero-order valence-corrected chi connectivity index (χ0v) is 16.9. The number of benzene rings is 1. The fraction of sp³-hybridized carbons (Fsp3) is 0.600. The molecule has 0 saturated carbocycles. The molecule has 2 atom stereocenters. The molecule has 6 nitrogen and oxygen atoms in total. The van der Waals surface area contributed by atoms with E-state index in [0.29, 0.717) is 5.56 Å². The number of aliphatic carboxylic acids is 1. The van der Waals surface area contributed by atoms with Gasteiger partial charge in [-0.1, -0.05) is 12.1 Å². The number of likely N-dealkylation sites (tertiary alicyclic amines) is 1. The van der Waals surface area contributed by atoms with Crippen LogP contribution in [0.25, 0.3) is 0 Å². The second-order valence-corrected chi connectivity index (χ2v) is 8.36. The number of rotatable bonds is 5. The van der Waals surface area contributed by atoms with Crippen LogP contribution < -0.4 is 0 Å². The Labute approximate surface area is 167 Å². The smallest absolute Gasteiger partial charge is 0.416 e. The Bertz CT molecular complexity index is 742. The van der Waals surface area contributed by atoms with Gasteiger partial charge in [0.05, 0.1) is 23.6 Å². The summed E-state index contributed by atoms with van der Waals surface area (Å²) in [5.41, 5.74) is -2.07. The van der Waals surface area contributed by atoms with E-state index in [4.69, 9.17) is 9.47 Å². The molecule has 1 N–H and O–H groups in total. The van der Waals surface area contributed by atoms with E-state index < -0.39 is 40.9 Å². The summed E-state index contributed by atoms with van der Waals surface area (Å²) in [6, 6.07) is 4.61. The van der Waals surface area contributed by atoms with Crippen LogP contribution in [0.4, 0.5) is 18.0 Å². The Morgan fingerprint density at radius 3 is 2.24 bits per heavy atom. The van der Waals surface area contributed by atoms with Gasteiger partial charge in [0, 0.05) is 13.7 Å². The fourth-order valence-electron chi connectivity index (χ4n) is 3.61. The van der Waals surface area contributed by atoms with Crippen molar-refractivity contribution in [2.75, 3.05) is 20.3 Å². The molecule has 1 heterocycles. The number of carboxylic acid groups (broad SMARTS) is 1. The van der Waals surface area contributed by atoms with Crippen molar-refractivity contribution in [3.05, 3.63) is 35.4 Å². The van der Waals surface area contributed by atoms with Crippen LogP contribution in [0.1, 0.15) is 38.3 Å². The van der Waals surface area contributed by atoms with Gasteiger partial charge < -0.3 is 14.6 Å². The van der Waals surface area contributed by atoms with Crippen LogP contribution in [0.3, 0.4) is 0 Å². The van der Waals surface area contributed by atoms with Crippen LogP contribution >= 0.6 is 0 Å². The molecular weight excluding hydrogens is 391 g/mol. The lowest BCUT2D eigenvalue weighted by atomic mass is 9.86. The molecular formula is C20H26F3NO5. The summed E-state index contributed by atoms with van der Waals surface area (Å²) in [7, 11) is 1.43. The average molecular weight is 417 g/mol. The van der Waals surface area contributed by atoms with Crippen LogP contribution in [0.15, 0.2) is 24.3 Å². The summed E-state index contributed by atoms with van der Waals surface area (Å²) in [5.74, 6) is -1.88. The molecule has 0 unspecified atom stereocenters. The topological polar surface area (TPSA) is 76.1 Å². The monoisotopic (exact) mass is 417 g/mol. The molecule has 1 saturated heterocycles. The van der Waals surface area contributed by atoms with Crippen molar-refractivity contribution < 1.29 is 37.3 Å². The van der Waals surface area contributed by atoms with Crippen LogP contribution in [-0.4, -0.2) is 53.5 Å². The van der Waals surface area contributed by atoms with Gasteiger partial charge in [-0.2, -0.15) is 13.2 Å². The van der Waals surface area contributed by atoms with Gasteiger partial charge in [-0.3, -0.25) is 9.69 Å². The maximum atomic E-state index is 12.8. The lowest BCUT2D eigenvalue weighted by Gasteiger charge is -2.38. The normalized spacial score (nSPS) is 22.6. The van der Waals surface area contributed by atoms with Gasteiger partial charge in [0.15, 0.2) is 0 Å². The first-order valence-corrected chi connectivity index (χ1v) is 9.16. The van der Waals surface area contributed by atoms with Crippen LogP contribution in [0.2, 0.25) is 0 Å². The highest BCUT2D eigenvalue weighted by Gasteiger charge is 2.51. The fourth-order valence-corrected chi connectivity index (χ4v) is 3.61. The predicted molar refractivity (Wildman–Crippen MR) is 98.4 cm³/mol. The van der Waals surface area contributed by atoms with E-state index >= 15 is 0 Å². The third-order valence-electron chi connectivity index (χ3n) is 4.79. The summed E-state index contributed by atoms with van der Waals surface area (Å²) in [5, 5.41) is 9.49. The van der Waals surface area contributed by atoms with Gasteiger partial charge in [-0.05, 0) is 51.3 Å². The molecule has 162 valence electrons. The molecule has 9 heteroatoms. The Kier molecular flexibility index (Phi) is 6.51. The highest BCUT2D eigenvalue weighted by atomic mass is 19.4. The van der Waals surface area contributed by atoms with Gasteiger partial charge in [-0.15, -0.1) is 0 Å². The van der Waals surface area contributed by atoms with E-state index in [1.54, 1.807) is 20.8 Å². The summed E-state index contributed by atoms with van der Waals surface area (Å²) in [6.45, 7) is 5.06. The number of carbonyl (C=O) groups is 2. The van der Waals surface area contributed by atoms with Crippen molar-refractivity contribution in [2.24, 2.45) is 5.92 Å². The number of carbonyl (C=O) groups excluding carboxylic acids is 1. The number of carboxylic acids is 1. The highest BCUT2D eigenvalue weighted by molar-refractivity contribution is 5.75. The van der Waals surface area contributed by atoms with Gasteiger partial charge in [0.25, 0.3) is 0 Å². The van der Waals surface area contributed by atoms with Gasteiger partial charge in [0.2, 0.25) is 0 Å². The number of ether oxygens (including phenoxy) is 2. The molecule has 1 aromatic carbocycles. The van der Waals surface area contributed by atoms with Crippen molar-refractivity contribution in [1.82, 2.24) is 4.90 Å². The van der Waals surface area contributed by atoms with E-state index in [1.165, 1.54) is 24.1 Å². The molecule has 1 amide bonds. The van der Waals surface area contributed by atoms with Crippen molar-refractivity contribution in [1.29, 1.82) is 0 Å². The minimum Gasteiger partial charge on any atom is -0.481 e. The molecule has 1 aliphatic heterocycles. The van der Waals surface area contributed by atoms with E-state index in [0.717, 1.165) is 12.1 Å². The van der Waals surface area contributed by atoms with Crippen molar-refractivity contribution in [3.8, 4) is 0 Å². The largest absolute Gasteiger partial charge is 0.481 e. The molecule has 0 bridgehead atoms. The van der Waals surface area contributed by atoms with Crippen molar-refractivity contribution in [3.63, 3.8) is 0 Å². The minimum absolute atomic E-state index is 0.0248. The number of halogens is 3. The van der Waals surface area contributed by atoms with Crippen LogP contribution in [-0.2, 0) is 26.9 Å². The van der Waals surface area contributed by atoms with Crippen LogP contribution in [0, 0.1) is 5.92 Å². The third-order valence-corrected chi connectivity index (χ3v) is 4.79. The minimum atomic E-state index is -4.45. The van der Waals surface area contributed by atoms with E-state index in [-0.39, 0.29) is 26.0 Å². The second-order valence-electron chi connectivity index (χ2n) is 8.36. The molecule has 0 spiro atoms. The first-order valence-electron chi connectivity index (χ1n) is 9.16. The quantitative estimate of drug-likeness (QED) is 0.785. The molecule has 2 rings (SSSR count). The number of alkyl halides is 3. The summed E-state index contributed by atoms with van der Waals surface area (Å²) < 4.78 is 49.2. The van der Waals surface area contributed by atoms with E-state index in [9.17, 15) is 27.9 Å². The SMILES string of the molecule is COC[C@]1(Cc2ccc(C(F)(F)F)cc2)C[C@H](C(=O)O)CN1C(=O)OC(C)(C)C. The zero-order valence-electron chi connectivity index (χ0n) is 16.9. The van der Waals surface area contributed by atoms with E-state index in [1.807, 2.05) is 0 Å². The lowest BCUT2D eigenvalue weighted by Crippen LogP contribution is -2.53. The summed E-state index contributed by atoms with van der Waals surface area (Å²) >= 11 is 0. The Morgan fingerprint density at radius 1 is 1.21 bits per heavy atom. The average Bonchev–Trinajstić information content (AvgIpc) is 2.93. The van der Waals surface area contributed by atoms with Gasteiger partial charge in [-0.25, -0.2) is 4.79 Å². The molecule has 1 fully saturated rings. The Hall–Kier alpha value is -2.29. The lowest BCUT2D eigenvalue weighted by molar-refractivity contribution is -0.141. The number of hydrogen-bond acceptors (Lipinski definition) is 4. The van der Waals surface area contributed by atoms with Crippen LogP contribution in [0.5, 0.6) is 0 Å². The highest BCUT2D eigenvalue weighted by Crippen LogP contribution is 2.38. The molecule has 0 aliphatic carbocycles. The molecule has 0 radical (unpaired) electrons. The number of hydrogen-bond donors (Lipinski definition) is 1. The van der Waals surface area contributed by atoms with Crippen molar-refractivity contribution >= 4 is 12.1 Å². The van der Waals surface area contributed by atoms with Crippen molar-refractivity contribution in [2.45, 2.75) is 50.9 Å². The zero-order chi connectivity index (χ0) is 22.0. The summed E-state index contributed by atoms with van der Waals surface area (Å²) in [6.07, 6.45) is -4.88. The van der Waals surface area contributed by atoms with Gasteiger partial charge in [0.1, 0.15) is 5.60 Å². The van der Waals surface area contributed by atoms with Gasteiger partial charge >= 0.3 is 18.2 Å². The molecule has 29 heavy (non-hydrogen) atoms. The summed E-state index contributed by atoms with van der Waals surface area (Å²) in [4.78, 5) is 25.8. The Morgan fingerprint density at radius 2 is 1.79 bits per heavy atom. The number of methoxy groups -OCH3 is 1. The first-order chi connectivity index (χ1) is 13.3. The first kappa shape index (κ1) is 23.0. The predicted octanol–water partition coefficient (Wildman–Crippen LogP) is 3.97. The number of amides is 1. The maximum Gasteiger partial charge on any atom is 0.416 e.